The van der Waals surface area contributed by atoms with E-state index in [9.17, 15) is 9.90 Å². The monoisotopic (exact) mass is 331 g/mol. The number of aliphatic hydroxyl groups is 1. The molecule has 24 heavy (non-hydrogen) atoms. The Morgan fingerprint density at radius 3 is 2.79 bits per heavy atom. The Hall–Kier alpha value is -1.94. The molecule has 1 aliphatic rings. The van der Waals surface area contributed by atoms with Crippen LogP contribution in [0.5, 0.6) is 0 Å². The third kappa shape index (κ3) is 4.78. The lowest BCUT2D eigenvalue weighted by molar-refractivity contribution is 0.0199. The van der Waals surface area contributed by atoms with Crippen LogP contribution in [0.1, 0.15) is 35.7 Å². The number of nitrogens with zero attached hydrogens (tertiary/aromatic N) is 2. The summed E-state index contributed by atoms with van der Waals surface area (Å²) < 4.78 is 5.65. The fraction of sp³-hybridized carbons (Fsp3) is 0.556. The summed E-state index contributed by atoms with van der Waals surface area (Å²) in [5.74, 6) is -0.271. The maximum absolute atomic E-state index is 12.2. The Labute approximate surface area is 143 Å². The molecule has 2 N–H and O–H groups in total. The Kier molecular flexibility index (Phi) is 6.73. The summed E-state index contributed by atoms with van der Waals surface area (Å²) in [4.78, 5) is 14.4. The fourth-order valence-corrected chi connectivity index (χ4v) is 2.75. The van der Waals surface area contributed by atoms with Crippen LogP contribution in [0, 0.1) is 11.3 Å². The van der Waals surface area contributed by atoms with Gasteiger partial charge in [-0.1, -0.05) is 13.3 Å². The van der Waals surface area contributed by atoms with Crippen molar-refractivity contribution in [3.63, 3.8) is 0 Å². The summed E-state index contributed by atoms with van der Waals surface area (Å²) in [5.41, 5.74) is 0.968. The second-order valence-corrected chi connectivity index (χ2v) is 6.25. The first-order valence-corrected chi connectivity index (χ1v) is 8.34. The first-order valence-electron chi connectivity index (χ1n) is 8.34. The summed E-state index contributed by atoms with van der Waals surface area (Å²) in [6.07, 6.45) is 1.22. The SMILES string of the molecule is CCCCN(C)C[C@@H]1OC[C@H](NC(=O)c2ccc(C#N)cc2)[C@H]1O. The van der Waals surface area contributed by atoms with Gasteiger partial charge in [-0.25, -0.2) is 0 Å². The van der Waals surface area contributed by atoms with Crippen LogP contribution < -0.4 is 5.32 Å². The standard InChI is InChI=1S/C18H25N3O3/c1-3-4-9-21(2)11-16-17(22)15(12-24-16)20-18(23)14-7-5-13(10-19)6-8-14/h5-8,15-17,22H,3-4,9,11-12H2,1-2H3,(H,20,23)/t15-,16-,17+/m0/s1. The number of nitrogens with one attached hydrogen (secondary N) is 1. The molecule has 6 nitrogen and oxygen atoms in total. The first kappa shape index (κ1) is 18.4. The number of carbonyl (C=O) groups is 1. The molecule has 0 bridgehead atoms. The summed E-state index contributed by atoms with van der Waals surface area (Å²) in [5, 5.41) is 22.0. The van der Waals surface area contributed by atoms with Crippen molar-refractivity contribution in [2.24, 2.45) is 0 Å². The van der Waals surface area contributed by atoms with Gasteiger partial charge >= 0.3 is 0 Å². The minimum Gasteiger partial charge on any atom is -0.388 e. The van der Waals surface area contributed by atoms with Crippen LogP contribution in [0.2, 0.25) is 0 Å². The van der Waals surface area contributed by atoms with E-state index < -0.39 is 12.1 Å². The molecule has 1 heterocycles. The molecule has 6 heteroatoms. The van der Waals surface area contributed by atoms with Crippen molar-refractivity contribution in [2.75, 3.05) is 26.7 Å². The van der Waals surface area contributed by atoms with E-state index in [0.717, 1.165) is 19.4 Å². The lowest BCUT2D eigenvalue weighted by Gasteiger charge is -2.23. The second kappa shape index (κ2) is 8.78. The van der Waals surface area contributed by atoms with Gasteiger partial charge < -0.3 is 20.1 Å². The molecule has 2 rings (SSSR count). The van der Waals surface area contributed by atoms with E-state index in [1.165, 1.54) is 0 Å². The summed E-state index contributed by atoms with van der Waals surface area (Å²) in [6.45, 7) is 4.05. The van der Waals surface area contributed by atoms with Gasteiger partial charge in [-0.05, 0) is 44.3 Å². The fourth-order valence-electron chi connectivity index (χ4n) is 2.75. The molecule has 0 aliphatic carbocycles. The molecule has 130 valence electrons. The number of unbranched alkanes of at least 4 members (excludes halogenated alkanes) is 1. The molecule has 1 fully saturated rings. The van der Waals surface area contributed by atoms with Crippen molar-refractivity contribution in [1.29, 1.82) is 5.26 Å². The zero-order valence-electron chi connectivity index (χ0n) is 14.2. The topological polar surface area (TPSA) is 85.6 Å². The van der Waals surface area contributed by atoms with Gasteiger partial charge in [-0.15, -0.1) is 0 Å². The van der Waals surface area contributed by atoms with E-state index in [4.69, 9.17) is 10.00 Å². The van der Waals surface area contributed by atoms with Crippen molar-refractivity contribution >= 4 is 5.91 Å². The van der Waals surface area contributed by atoms with Crippen LogP contribution in [0.25, 0.3) is 0 Å². The molecule has 1 saturated heterocycles. The van der Waals surface area contributed by atoms with E-state index in [0.29, 0.717) is 24.3 Å². The summed E-state index contributed by atoms with van der Waals surface area (Å²) in [6, 6.07) is 8.00. The van der Waals surface area contributed by atoms with E-state index in [-0.39, 0.29) is 12.0 Å². The molecule has 1 aromatic rings. The van der Waals surface area contributed by atoms with Gasteiger partial charge in [0, 0.05) is 12.1 Å². The van der Waals surface area contributed by atoms with Crippen molar-refractivity contribution in [3.05, 3.63) is 35.4 Å². The van der Waals surface area contributed by atoms with Gasteiger partial charge in [0.25, 0.3) is 5.91 Å². The smallest absolute Gasteiger partial charge is 0.251 e. The molecule has 0 radical (unpaired) electrons. The molecule has 1 aliphatic heterocycles. The minimum atomic E-state index is -0.726. The van der Waals surface area contributed by atoms with Crippen molar-refractivity contribution in [3.8, 4) is 6.07 Å². The van der Waals surface area contributed by atoms with Gasteiger partial charge in [0.05, 0.1) is 30.4 Å². The Balaban J connectivity index is 1.87. The summed E-state index contributed by atoms with van der Waals surface area (Å²) in [7, 11) is 2.01. The van der Waals surface area contributed by atoms with Crippen molar-refractivity contribution < 1.29 is 14.6 Å². The van der Waals surface area contributed by atoms with E-state index in [2.05, 4.69) is 17.1 Å². The van der Waals surface area contributed by atoms with E-state index in [1.807, 2.05) is 13.1 Å². The van der Waals surface area contributed by atoms with Gasteiger partial charge in [-0.3, -0.25) is 4.79 Å². The Bertz CT molecular complexity index is 582. The van der Waals surface area contributed by atoms with Gasteiger partial charge in [-0.2, -0.15) is 5.26 Å². The van der Waals surface area contributed by atoms with Crippen LogP contribution in [0.15, 0.2) is 24.3 Å². The van der Waals surface area contributed by atoms with Crippen LogP contribution >= 0.6 is 0 Å². The highest BCUT2D eigenvalue weighted by molar-refractivity contribution is 5.94. The summed E-state index contributed by atoms with van der Waals surface area (Å²) >= 11 is 0. The normalized spacial score (nSPS) is 23.2. The lowest BCUT2D eigenvalue weighted by atomic mass is 10.1. The van der Waals surface area contributed by atoms with Crippen LogP contribution in [-0.4, -0.2) is 60.9 Å². The first-order chi connectivity index (χ1) is 11.5. The van der Waals surface area contributed by atoms with Crippen molar-refractivity contribution in [1.82, 2.24) is 10.2 Å². The zero-order valence-corrected chi connectivity index (χ0v) is 14.2. The molecule has 1 amide bonds. The van der Waals surface area contributed by atoms with Crippen LogP contribution in [0.4, 0.5) is 0 Å². The van der Waals surface area contributed by atoms with Gasteiger partial charge in [0.15, 0.2) is 0 Å². The highest BCUT2D eigenvalue weighted by Gasteiger charge is 2.37. The highest BCUT2D eigenvalue weighted by Crippen LogP contribution is 2.16. The molecular weight excluding hydrogens is 306 g/mol. The molecule has 0 aromatic heterocycles. The molecule has 0 unspecified atom stereocenters. The average molecular weight is 331 g/mol. The zero-order chi connectivity index (χ0) is 17.5. The predicted molar refractivity (Wildman–Crippen MR) is 90.6 cm³/mol. The van der Waals surface area contributed by atoms with Crippen LogP contribution in [0.3, 0.4) is 0 Å². The average Bonchev–Trinajstić information content (AvgIpc) is 2.93. The lowest BCUT2D eigenvalue weighted by Crippen LogP contribution is -2.46. The quantitative estimate of drug-likeness (QED) is 0.783. The maximum atomic E-state index is 12.2. The minimum absolute atomic E-state index is 0.271. The predicted octanol–water partition coefficient (Wildman–Crippen LogP) is 1.15. The van der Waals surface area contributed by atoms with E-state index >= 15 is 0 Å². The maximum Gasteiger partial charge on any atom is 0.251 e. The largest absolute Gasteiger partial charge is 0.388 e. The Morgan fingerprint density at radius 1 is 1.46 bits per heavy atom. The number of ether oxygens (including phenoxy) is 1. The third-order valence-electron chi connectivity index (χ3n) is 4.26. The van der Waals surface area contributed by atoms with E-state index in [1.54, 1.807) is 24.3 Å². The van der Waals surface area contributed by atoms with Gasteiger partial charge in [0.1, 0.15) is 6.10 Å². The molecule has 0 spiro atoms. The van der Waals surface area contributed by atoms with Crippen molar-refractivity contribution in [2.45, 2.75) is 38.0 Å². The second-order valence-electron chi connectivity index (χ2n) is 6.25. The number of hydrogen-bond donors (Lipinski definition) is 2. The number of carbonyl (C=O) groups excluding carboxylic acids is 1. The molecule has 0 saturated carbocycles. The number of aliphatic hydroxyl groups excluding tert-OH is 1. The number of rotatable bonds is 7. The van der Waals surface area contributed by atoms with Crippen LogP contribution in [-0.2, 0) is 4.74 Å². The molecular formula is C18H25N3O3. The number of hydrogen-bond acceptors (Lipinski definition) is 5. The molecule has 3 atom stereocenters. The Morgan fingerprint density at radius 2 is 2.17 bits per heavy atom. The number of benzene rings is 1. The van der Waals surface area contributed by atoms with Gasteiger partial charge in [0.2, 0.25) is 0 Å². The number of nitriles is 1. The highest BCUT2D eigenvalue weighted by atomic mass is 16.5. The number of amides is 1. The molecule has 1 aromatic carbocycles. The third-order valence-corrected chi connectivity index (χ3v) is 4.26. The number of likely N-dealkylation sites (N-methyl/N-ethyl adjacent to an activating group) is 1.